The molecule has 162 valence electrons. The number of nitrogens with zero attached hydrogens (tertiary/aromatic N) is 4. The fourth-order valence-electron chi connectivity index (χ4n) is 3.94. The summed E-state index contributed by atoms with van der Waals surface area (Å²) < 4.78 is 27.7. The van der Waals surface area contributed by atoms with Gasteiger partial charge in [-0.15, -0.1) is 11.3 Å². The molecule has 2 aliphatic heterocycles. The Balaban J connectivity index is 1.52. The highest BCUT2D eigenvalue weighted by Crippen LogP contribution is 2.28. The monoisotopic (exact) mass is 468 g/mol. The van der Waals surface area contributed by atoms with E-state index in [1.54, 1.807) is 28.5 Å². The van der Waals surface area contributed by atoms with E-state index < -0.39 is 10.0 Å². The van der Waals surface area contributed by atoms with Gasteiger partial charge in [-0.3, -0.25) is 4.79 Å². The van der Waals surface area contributed by atoms with Crippen LogP contribution in [0.5, 0.6) is 0 Å². The molecule has 2 aliphatic rings. The molecule has 1 amide bonds. The van der Waals surface area contributed by atoms with Crippen molar-refractivity contribution in [1.82, 2.24) is 14.2 Å². The van der Waals surface area contributed by atoms with Gasteiger partial charge in [0.1, 0.15) is 4.90 Å². The molecule has 30 heavy (non-hydrogen) atoms. The van der Waals surface area contributed by atoms with Crippen molar-refractivity contribution in [3.63, 3.8) is 0 Å². The second kappa shape index (κ2) is 9.21. The predicted octanol–water partition coefficient (Wildman–Crippen LogP) is 3.32. The molecule has 2 fully saturated rings. The number of halogens is 1. The maximum absolute atomic E-state index is 13.2. The lowest BCUT2D eigenvalue weighted by Crippen LogP contribution is -2.36. The summed E-state index contributed by atoms with van der Waals surface area (Å²) in [6, 6.07) is 4.58. The quantitative estimate of drug-likeness (QED) is 0.688. The summed E-state index contributed by atoms with van der Waals surface area (Å²) in [5.41, 5.74) is 0.359. The third-order valence-electron chi connectivity index (χ3n) is 5.58. The zero-order chi connectivity index (χ0) is 21.1. The Morgan fingerprint density at radius 3 is 2.53 bits per heavy atom. The molecule has 7 nitrogen and oxygen atoms in total. The minimum atomic E-state index is -3.71. The van der Waals surface area contributed by atoms with Crippen LogP contribution in [-0.2, 0) is 10.0 Å². The van der Waals surface area contributed by atoms with Crippen molar-refractivity contribution >= 4 is 44.0 Å². The Hall–Kier alpha value is -1.68. The fraction of sp³-hybridized carbons (Fsp3) is 0.500. The molecule has 1 aromatic heterocycles. The molecule has 10 heteroatoms. The molecule has 2 aromatic rings. The number of aromatic nitrogens is 1. The summed E-state index contributed by atoms with van der Waals surface area (Å²) in [6.45, 7) is 3.72. The van der Waals surface area contributed by atoms with E-state index in [-0.39, 0.29) is 15.8 Å². The highest BCUT2D eigenvalue weighted by atomic mass is 35.5. The largest absolute Gasteiger partial charge is 0.346 e. The van der Waals surface area contributed by atoms with Crippen LogP contribution in [0.4, 0.5) is 5.13 Å². The molecule has 4 rings (SSSR count). The minimum absolute atomic E-state index is 0.0242. The average molecular weight is 469 g/mol. The zero-order valence-electron chi connectivity index (χ0n) is 16.7. The first-order chi connectivity index (χ1) is 14.5. The van der Waals surface area contributed by atoms with Gasteiger partial charge in [0, 0.05) is 56.4 Å². The molecule has 0 radical (unpaired) electrons. The minimum Gasteiger partial charge on any atom is -0.346 e. The lowest BCUT2D eigenvalue weighted by atomic mass is 10.2. The van der Waals surface area contributed by atoms with Crippen molar-refractivity contribution in [2.75, 3.05) is 44.2 Å². The Labute approximate surface area is 186 Å². The second-order valence-corrected chi connectivity index (χ2v) is 10.7. The van der Waals surface area contributed by atoms with E-state index in [2.05, 4.69) is 9.88 Å². The van der Waals surface area contributed by atoms with Crippen LogP contribution in [0, 0.1) is 0 Å². The number of carbonyl (C=O) groups excluding carboxylic acids is 1. The van der Waals surface area contributed by atoms with Gasteiger partial charge in [-0.25, -0.2) is 13.4 Å². The number of sulfonamides is 1. The summed E-state index contributed by atoms with van der Waals surface area (Å²) in [5, 5.41) is 3.06. The molecular weight excluding hydrogens is 444 g/mol. The SMILES string of the molecule is O=C(c1ccc(Cl)c(S(=O)(=O)N2CCCCC2)c1)N1CCCN(c2nccs2)CC1. The van der Waals surface area contributed by atoms with E-state index in [9.17, 15) is 13.2 Å². The second-order valence-electron chi connectivity index (χ2n) is 7.56. The lowest BCUT2D eigenvalue weighted by Gasteiger charge is -2.26. The first-order valence-electron chi connectivity index (χ1n) is 10.2. The van der Waals surface area contributed by atoms with Crippen molar-refractivity contribution in [3.8, 4) is 0 Å². The van der Waals surface area contributed by atoms with Crippen molar-refractivity contribution < 1.29 is 13.2 Å². The van der Waals surface area contributed by atoms with E-state index >= 15 is 0 Å². The van der Waals surface area contributed by atoms with Crippen LogP contribution in [0.15, 0.2) is 34.7 Å². The number of hydrogen-bond acceptors (Lipinski definition) is 6. The molecule has 0 saturated carbocycles. The standard InChI is InChI=1S/C20H25ClN4O3S2/c21-17-6-5-16(15-18(17)30(27,28)25-10-2-1-3-11-25)19(26)23-8-4-9-24(13-12-23)20-22-7-14-29-20/h5-7,14-15H,1-4,8-13H2. The first-order valence-corrected chi connectivity index (χ1v) is 12.9. The zero-order valence-corrected chi connectivity index (χ0v) is 19.1. The molecule has 0 spiro atoms. The molecule has 1 aromatic carbocycles. The van der Waals surface area contributed by atoms with Gasteiger partial charge < -0.3 is 9.80 Å². The van der Waals surface area contributed by atoms with Gasteiger partial charge in [-0.1, -0.05) is 18.0 Å². The van der Waals surface area contributed by atoms with E-state index in [4.69, 9.17) is 11.6 Å². The normalized spacial score (nSPS) is 19.0. The molecule has 2 saturated heterocycles. The summed E-state index contributed by atoms with van der Waals surface area (Å²) in [5.74, 6) is -0.164. The van der Waals surface area contributed by atoms with E-state index in [1.807, 2.05) is 5.38 Å². The van der Waals surface area contributed by atoms with Crippen molar-refractivity contribution in [3.05, 3.63) is 40.4 Å². The van der Waals surface area contributed by atoms with Gasteiger partial charge in [0.25, 0.3) is 5.91 Å². The van der Waals surface area contributed by atoms with Crippen LogP contribution < -0.4 is 4.90 Å². The first kappa shape index (κ1) is 21.5. The molecular formula is C20H25ClN4O3S2. The lowest BCUT2D eigenvalue weighted by molar-refractivity contribution is 0.0767. The molecule has 0 atom stereocenters. The van der Waals surface area contributed by atoms with E-state index in [1.165, 1.54) is 16.4 Å². The molecule has 0 N–H and O–H groups in total. The van der Waals surface area contributed by atoms with Crippen LogP contribution >= 0.6 is 22.9 Å². The van der Waals surface area contributed by atoms with Gasteiger partial charge in [0.15, 0.2) is 5.13 Å². The highest BCUT2D eigenvalue weighted by molar-refractivity contribution is 7.89. The molecule has 0 bridgehead atoms. The van der Waals surface area contributed by atoms with Crippen LogP contribution in [0.1, 0.15) is 36.0 Å². The number of amides is 1. The van der Waals surface area contributed by atoms with Crippen LogP contribution in [-0.4, -0.2) is 67.8 Å². The number of benzene rings is 1. The Bertz CT molecular complexity index is 991. The van der Waals surface area contributed by atoms with Gasteiger partial charge in [-0.2, -0.15) is 4.31 Å². The smallest absolute Gasteiger partial charge is 0.253 e. The Kier molecular flexibility index (Phi) is 6.62. The van der Waals surface area contributed by atoms with E-state index in [0.29, 0.717) is 38.3 Å². The maximum atomic E-state index is 13.2. The topological polar surface area (TPSA) is 73.8 Å². The van der Waals surface area contributed by atoms with E-state index in [0.717, 1.165) is 37.4 Å². The third kappa shape index (κ3) is 4.49. The Morgan fingerprint density at radius 2 is 1.80 bits per heavy atom. The molecule has 0 unspecified atom stereocenters. The Morgan fingerprint density at radius 1 is 1.00 bits per heavy atom. The van der Waals surface area contributed by atoms with Crippen LogP contribution in [0.25, 0.3) is 0 Å². The number of anilines is 1. The van der Waals surface area contributed by atoms with Gasteiger partial charge in [-0.05, 0) is 37.5 Å². The van der Waals surface area contributed by atoms with Gasteiger partial charge in [0.05, 0.1) is 5.02 Å². The highest BCUT2D eigenvalue weighted by Gasteiger charge is 2.29. The summed E-state index contributed by atoms with van der Waals surface area (Å²) in [4.78, 5) is 21.5. The number of rotatable bonds is 4. The summed E-state index contributed by atoms with van der Waals surface area (Å²) in [6.07, 6.45) is 5.34. The number of piperidine rings is 1. The number of thiazole rings is 1. The molecule has 0 aliphatic carbocycles. The summed E-state index contributed by atoms with van der Waals surface area (Å²) in [7, 11) is -3.71. The summed E-state index contributed by atoms with van der Waals surface area (Å²) >= 11 is 7.84. The van der Waals surface area contributed by atoms with Crippen LogP contribution in [0.3, 0.4) is 0 Å². The third-order valence-corrected chi connectivity index (χ3v) is 8.80. The van der Waals surface area contributed by atoms with Crippen molar-refractivity contribution in [1.29, 1.82) is 0 Å². The number of hydrogen-bond donors (Lipinski definition) is 0. The van der Waals surface area contributed by atoms with Gasteiger partial charge in [0.2, 0.25) is 10.0 Å². The van der Waals surface area contributed by atoms with Gasteiger partial charge >= 0.3 is 0 Å². The fourth-order valence-corrected chi connectivity index (χ4v) is 6.66. The maximum Gasteiger partial charge on any atom is 0.253 e. The van der Waals surface area contributed by atoms with Crippen LogP contribution in [0.2, 0.25) is 5.02 Å². The average Bonchev–Trinajstić information content (AvgIpc) is 3.19. The molecule has 3 heterocycles. The number of carbonyl (C=O) groups is 1. The van der Waals surface area contributed by atoms with Crippen molar-refractivity contribution in [2.45, 2.75) is 30.6 Å². The predicted molar refractivity (Wildman–Crippen MR) is 119 cm³/mol. The van der Waals surface area contributed by atoms with Crippen molar-refractivity contribution in [2.24, 2.45) is 0 Å².